The molecule has 1 amide bonds. The van der Waals surface area contributed by atoms with Crippen LogP contribution in [0.25, 0.3) is 0 Å². The van der Waals surface area contributed by atoms with E-state index in [4.69, 9.17) is 16.9 Å². The van der Waals surface area contributed by atoms with Crippen LogP contribution in [0.1, 0.15) is 25.3 Å². The topological polar surface area (TPSA) is 69.0 Å². The van der Waals surface area contributed by atoms with Crippen LogP contribution in [0.4, 0.5) is 5.00 Å². The Bertz CT molecular complexity index is 496. The van der Waals surface area contributed by atoms with Crippen molar-refractivity contribution in [1.82, 2.24) is 9.27 Å². The SMILES string of the molecule is CCC(=O)N1CCC(Nc2snc(Cl)c2C#N)C1. The summed E-state index contributed by atoms with van der Waals surface area (Å²) in [5.74, 6) is 0.169. The Morgan fingerprint density at radius 1 is 1.78 bits per heavy atom. The van der Waals surface area contributed by atoms with Gasteiger partial charge in [0.15, 0.2) is 5.15 Å². The molecule has 0 bridgehead atoms. The summed E-state index contributed by atoms with van der Waals surface area (Å²) < 4.78 is 3.94. The molecular weight excluding hydrogens is 272 g/mol. The van der Waals surface area contributed by atoms with E-state index >= 15 is 0 Å². The molecule has 2 heterocycles. The van der Waals surface area contributed by atoms with Crippen molar-refractivity contribution in [2.24, 2.45) is 0 Å². The minimum atomic E-state index is 0.169. The lowest BCUT2D eigenvalue weighted by atomic mass is 10.2. The Balaban J connectivity index is 2.00. The summed E-state index contributed by atoms with van der Waals surface area (Å²) in [7, 11) is 0. The molecule has 1 fully saturated rings. The highest BCUT2D eigenvalue weighted by Crippen LogP contribution is 2.29. The van der Waals surface area contributed by atoms with E-state index in [-0.39, 0.29) is 17.1 Å². The first kappa shape index (κ1) is 13.1. The number of rotatable bonds is 3. The van der Waals surface area contributed by atoms with Crippen molar-refractivity contribution >= 4 is 34.0 Å². The molecule has 1 aromatic heterocycles. The van der Waals surface area contributed by atoms with Crippen molar-refractivity contribution in [1.29, 1.82) is 5.26 Å². The maximum Gasteiger partial charge on any atom is 0.222 e. The van der Waals surface area contributed by atoms with E-state index in [0.717, 1.165) is 13.0 Å². The van der Waals surface area contributed by atoms with Gasteiger partial charge in [-0.2, -0.15) is 9.64 Å². The average Bonchev–Trinajstić information content (AvgIpc) is 2.96. The summed E-state index contributed by atoms with van der Waals surface area (Å²) in [4.78, 5) is 13.4. The maximum absolute atomic E-state index is 11.6. The molecule has 7 heteroatoms. The standard InChI is InChI=1S/C11H13ClN4OS/c1-2-9(17)16-4-3-7(6-16)14-11-8(5-13)10(12)15-18-11/h7,14H,2-4,6H2,1H3. The number of halogens is 1. The number of hydrogen-bond acceptors (Lipinski definition) is 5. The van der Waals surface area contributed by atoms with Gasteiger partial charge in [-0.25, -0.2) is 0 Å². The molecule has 1 atom stereocenters. The van der Waals surface area contributed by atoms with Gasteiger partial charge in [-0.15, -0.1) is 0 Å². The van der Waals surface area contributed by atoms with E-state index in [1.54, 1.807) is 0 Å². The van der Waals surface area contributed by atoms with Gasteiger partial charge in [0, 0.05) is 25.6 Å². The minimum Gasteiger partial charge on any atom is -0.370 e. The number of hydrogen-bond donors (Lipinski definition) is 1. The fourth-order valence-corrected chi connectivity index (χ4v) is 2.99. The highest BCUT2D eigenvalue weighted by atomic mass is 35.5. The molecule has 1 aromatic rings. The molecule has 5 nitrogen and oxygen atoms in total. The van der Waals surface area contributed by atoms with Gasteiger partial charge in [0.1, 0.15) is 16.6 Å². The summed E-state index contributed by atoms with van der Waals surface area (Å²) in [6, 6.07) is 2.21. The quantitative estimate of drug-likeness (QED) is 0.923. The number of amides is 1. The van der Waals surface area contributed by atoms with Crippen molar-refractivity contribution in [3.05, 3.63) is 10.7 Å². The monoisotopic (exact) mass is 284 g/mol. The van der Waals surface area contributed by atoms with Crippen molar-refractivity contribution in [2.75, 3.05) is 18.4 Å². The van der Waals surface area contributed by atoms with Crippen LogP contribution in [0.5, 0.6) is 0 Å². The molecule has 96 valence electrons. The smallest absolute Gasteiger partial charge is 0.222 e. The molecule has 1 aliphatic rings. The first-order chi connectivity index (χ1) is 8.65. The largest absolute Gasteiger partial charge is 0.370 e. The van der Waals surface area contributed by atoms with Crippen LogP contribution in [-0.4, -0.2) is 34.3 Å². The van der Waals surface area contributed by atoms with Crippen LogP contribution < -0.4 is 5.32 Å². The molecule has 0 aromatic carbocycles. The van der Waals surface area contributed by atoms with E-state index in [9.17, 15) is 4.79 Å². The van der Waals surface area contributed by atoms with Crippen LogP contribution >= 0.6 is 23.1 Å². The molecule has 1 saturated heterocycles. The van der Waals surface area contributed by atoms with E-state index in [1.165, 1.54) is 11.5 Å². The molecule has 1 aliphatic heterocycles. The summed E-state index contributed by atoms with van der Waals surface area (Å²) >= 11 is 6.99. The summed E-state index contributed by atoms with van der Waals surface area (Å²) in [6.07, 6.45) is 1.41. The highest BCUT2D eigenvalue weighted by molar-refractivity contribution is 7.10. The van der Waals surface area contributed by atoms with Crippen LogP contribution in [0, 0.1) is 11.3 Å². The lowest BCUT2D eigenvalue weighted by Crippen LogP contribution is -2.30. The number of likely N-dealkylation sites (tertiary alicyclic amines) is 1. The second kappa shape index (κ2) is 5.55. The zero-order valence-electron chi connectivity index (χ0n) is 9.94. The van der Waals surface area contributed by atoms with Crippen LogP contribution in [0.15, 0.2) is 0 Å². The van der Waals surface area contributed by atoms with Gasteiger partial charge in [0.25, 0.3) is 0 Å². The molecule has 0 radical (unpaired) electrons. The number of carbonyl (C=O) groups is 1. The van der Waals surface area contributed by atoms with Crippen LogP contribution in [0.2, 0.25) is 5.15 Å². The van der Waals surface area contributed by atoms with Crippen molar-refractivity contribution in [2.45, 2.75) is 25.8 Å². The number of nitrogens with one attached hydrogen (secondary N) is 1. The van der Waals surface area contributed by atoms with Crippen molar-refractivity contribution < 1.29 is 4.79 Å². The Morgan fingerprint density at radius 2 is 2.56 bits per heavy atom. The Morgan fingerprint density at radius 3 is 3.22 bits per heavy atom. The third kappa shape index (κ3) is 2.57. The predicted octanol–water partition coefficient (Wildman–Crippen LogP) is 2.09. The van der Waals surface area contributed by atoms with Gasteiger partial charge in [-0.05, 0) is 18.0 Å². The fourth-order valence-electron chi connectivity index (χ4n) is 1.98. The third-order valence-corrected chi connectivity index (χ3v) is 4.09. The molecule has 0 aliphatic carbocycles. The van der Waals surface area contributed by atoms with Gasteiger partial charge < -0.3 is 10.2 Å². The number of carbonyl (C=O) groups excluding carboxylic acids is 1. The summed E-state index contributed by atoms with van der Waals surface area (Å²) in [6.45, 7) is 3.30. The zero-order chi connectivity index (χ0) is 13.1. The molecular formula is C11H13ClN4OS. The fraction of sp³-hybridized carbons (Fsp3) is 0.545. The Kier molecular flexibility index (Phi) is 4.04. The number of aromatic nitrogens is 1. The number of nitrogens with zero attached hydrogens (tertiary/aromatic N) is 3. The lowest BCUT2D eigenvalue weighted by Gasteiger charge is -2.16. The van der Waals surface area contributed by atoms with Crippen molar-refractivity contribution in [3.63, 3.8) is 0 Å². The average molecular weight is 285 g/mol. The predicted molar refractivity (Wildman–Crippen MR) is 70.7 cm³/mol. The number of nitriles is 1. The molecule has 1 unspecified atom stereocenters. The van der Waals surface area contributed by atoms with Gasteiger partial charge in [0.05, 0.1) is 0 Å². The Labute approximate surface area is 115 Å². The summed E-state index contributed by atoms with van der Waals surface area (Å²) in [5, 5.41) is 13.1. The summed E-state index contributed by atoms with van der Waals surface area (Å²) in [5.41, 5.74) is 0.391. The second-order valence-electron chi connectivity index (χ2n) is 4.11. The Hall–Kier alpha value is -1.32. The van der Waals surface area contributed by atoms with E-state index in [2.05, 4.69) is 9.69 Å². The van der Waals surface area contributed by atoms with Crippen LogP contribution in [-0.2, 0) is 4.79 Å². The van der Waals surface area contributed by atoms with Gasteiger partial charge >= 0.3 is 0 Å². The van der Waals surface area contributed by atoms with E-state index in [1.807, 2.05) is 17.9 Å². The van der Waals surface area contributed by atoms with E-state index in [0.29, 0.717) is 23.5 Å². The van der Waals surface area contributed by atoms with Gasteiger partial charge in [-0.1, -0.05) is 18.5 Å². The first-order valence-electron chi connectivity index (χ1n) is 5.75. The zero-order valence-corrected chi connectivity index (χ0v) is 11.5. The lowest BCUT2D eigenvalue weighted by molar-refractivity contribution is -0.129. The molecule has 0 spiro atoms. The minimum absolute atomic E-state index is 0.169. The van der Waals surface area contributed by atoms with E-state index < -0.39 is 0 Å². The first-order valence-corrected chi connectivity index (χ1v) is 6.90. The maximum atomic E-state index is 11.6. The highest BCUT2D eigenvalue weighted by Gasteiger charge is 2.26. The molecule has 2 rings (SSSR count). The molecule has 0 saturated carbocycles. The van der Waals surface area contributed by atoms with Gasteiger partial charge in [-0.3, -0.25) is 4.79 Å². The van der Waals surface area contributed by atoms with Crippen LogP contribution in [0.3, 0.4) is 0 Å². The molecule has 1 N–H and O–H groups in total. The second-order valence-corrected chi connectivity index (χ2v) is 5.24. The molecule has 18 heavy (non-hydrogen) atoms. The number of anilines is 1. The third-order valence-electron chi connectivity index (χ3n) is 2.94. The normalized spacial score (nSPS) is 18.7. The van der Waals surface area contributed by atoms with Crippen molar-refractivity contribution in [3.8, 4) is 6.07 Å². The van der Waals surface area contributed by atoms with Gasteiger partial charge in [0.2, 0.25) is 5.91 Å².